The minimum atomic E-state index is -0.249. The van der Waals surface area contributed by atoms with Gasteiger partial charge < -0.3 is 15.1 Å². The largest absolute Gasteiger partial charge is 0.389 e. The molecule has 3 rings (SSSR count). The number of hydrogen-bond donors (Lipinski definition) is 1. The van der Waals surface area contributed by atoms with Gasteiger partial charge in [0.05, 0.1) is 12.5 Å². The van der Waals surface area contributed by atoms with E-state index in [9.17, 15) is 9.59 Å². The fraction of sp³-hybridized carbons (Fsp3) is 0.571. The van der Waals surface area contributed by atoms with Crippen LogP contribution >= 0.6 is 0 Å². The predicted molar refractivity (Wildman–Crippen MR) is 78.2 cm³/mol. The van der Waals surface area contributed by atoms with E-state index in [1.165, 1.54) is 0 Å². The molecule has 3 heterocycles. The van der Waals surface area contributed by atoms with Crippen LogP contribution in [0.15, 0.2) is 17.4 Å². The van der Waals surface area contributed by atoms with E-state index in [1.807, 2.05) is 13.8 Å². The average molecular weight is 305 g/mol. The van der Waals surface area contributed by atoms with Crippen molar-refractivity contribution in [2.45, 2.75) is 26.0 Å². The lowest BCUT2D eigenvalue weighted by molar-refractivity contribution is -0.115. The minimum Gasteiger partial charge on any atom is -0.389 e. The van der Waals surface area contributed by atoms with Gasteiger partial charge in [-0.15, -0.1) is 0 Å². The Hall–Kier alpha value is -2.38. The van der Waals surface area contributed by atoms with Crippen molar-refractivity contribution in [3.8, 4) is 0 Å². The maximum Gasteiger partial charge on any atom is 0.274 e. The Morgan fingerprint density at radius 2 is 2.18 bits per heavy atom. The molecule has 0 spiro atoms. The first-order chi connectivity index (χ1) is 10.5. The van der Waals surface area contributed by atoms with Crippen LogP contribution in [0.25, 0.3) is 0 Å². The van der Waals surface area contributed by atoms with Gasteiger partial charge in [0.25, 0.3) is 11.8 Å². The van der Waals surface area contributed by atoms with Gasteiger partial charge in [0.15, 0.2) is 11.8 Å². The number of carbonyl (C=O) groups is 2. The van der Waals surface area contributed by atoms with Crippen LogP contribution in [0.1, 0.15) is 24.3 Å². The fourth-order valence-electron chi connectivity index (χ4n) is 2.74. The summed E-state index contributed by atoms with van der Waals surface area (Å²) in [6.45, 7) is 4.61. The highest BCUT2D eigenvalue weighted by molar-refractivity contribution is 6.40. The molecular weight excluding hydrogens is 286 g/mol. The molecule has 2 aliphatic heterocycles. The maximum absolute atomic E-state index is 12.4. The van der Waals surface area contributed by atoms with Crippen LogP contribution < -0.4 is 5.32 Å². The van der Waals surface area contributed by atoms with Gasteiger partial charge in [-0.3, -0.25) is 14.3 Å². The Kier molecular flexibility index (Phi) is 3.59. The van der Waals surface area contributed by atoms with Crippen molar-refractivity contribution in [1.82, 2.24) is 20.0 Å². The van der Waals surface area contributed by atoms with Gasteiger partial charge >= 0.3 is 0 Å². The number of nitrogens with zero attached hydrogens (tertiary/aromatic N) is 4. The molecule has 118 valence electrons. The van der Waals surface area contributed by atoms with E-state index in [2.05, 4.69) is 15.6 Å². The highest BCUT2D eigenvalue weighted by Gasteiger charge is 2.46. The second-order valence-electron chi connectivity index (χ2n) is 5.94. The smallest absolute Gasteiger partial charge is 0.274 e. The third-order valence-corrected chi connectivity index (χ3v) is 3.78. The summed E-state index contributed by atoms with van der Waals surface area (Å²) in [7, 11) is 1.76. The lowest BCUT2D eigenvalue weighted by Gasteiger charge is -2.15. The van der Waals surface area contributed by atoms with Gasteiger partial charge in [-0.05, 0) is 19.9 Å². The summed E-state index contributed by atoms with van der Waals surface area (Å²) in [4.78, 5) is 31.5. The monoisotopic (exact) mass is 305 g/mol. The van der Waals surface area contributed by atoms with Crippen molar-refractivity contribution in [3.63, 3.8) is 0 Å². The topological polar surface area (TPSA) is 88.8 Å². The van der Waals surface area contributed by atoms with E-state index >= 15 is 0 Å². The molecule has 1 aromatic heterocycles. The molecule has 1 saturated heterocycles. The predicted octanol–water partition coefficient (Wildman–Crippen LogP) is -0.228. The number of fused-ring (bicyclic) bond motifs is 1. The summed E-state index contributed by atoms with van der Waals surface area (Å²) >= 11 is 0. The van der Waals surface area contributed by atoms with Crippen LogP contribution in [-0.2, 0) is 16.7 Å². The molecule has 2 aliphatic rings. The molecule has 2 unspecified atom stereocenters. The number of amides is 2. The molecule has 1 aromatic rings. The third kappa shape index (κ3) is 2.56. The minimum absolute atomic E-state index is 0.0295. The van der Waals surface area contributed by atoms with Crippen molar-refractivity contribution in [3.05, 3.63) is 18.0 Å². The Labute approximate surface area is 128 Å². The van der Waals surface area contributed by atoms with Gasteiger partial charge in [0.1, 0.15) is 5.69 Å². The molecule has 1 fully saturated rings. The van der Waals surface area contributed by atoms with Crippen LogP contribution in [0.2, 0.25) is 0 Å². The number of aryl methyl sites for hydroxylation is 1. The van der Waals surface area contributed by atoms with Crippen molar-refractivity contribution in [2.75, 3.05) is 13.1 Å². The number of likely N-dealkylation sites (tertiary alicyclic amines) is 1. The molecule has 0 saturated carbocycles. The second-order valence-corrected chi connectivity index (χ2v) is 5.94. The average Bonchev–Trinajstić information content (AvgIpc) is 3.10. The summed E-state index contributed by atoms with van der Waals surface area (Å²) in [5.74, 6) is -0.553. The quantitative estimate of drug-likeness (QED) is 0.835. The summed E-state index contributed by atoms with van der Waals surface area (Å²) in [5.41, 5.74) is 0.766. The first-order valence-electron chi connectivity index (χ1n) is 7.29. The van der Waals surface area contributed by atoms with Crippen molar-refractivity contribution in [1.29, 1.82) is 0 Å². The summed E-state index contributed by atoms with van der Waals surface area (Å²) in [6, 6.07) is 1.71. The summed E-state index contributed by atoms with van der Waals surface area (Å²) < 4.78 is 1.59. The second kappa shape index (κ2) is 5.43. The molecule has 0 radical (unpaired) electrons. The van der Waals surface area contributed by atoms with Gasteiger partial charge in [0.2, 0.25) is 0 Å². The maximum atomic E-state index is 12.4. The first kappa shape index (κ1) is 14.6. The molecule has 2 amide bonds. The molecule has 22 heavy (non-hydrogen) atoms. The van der Waals surface area contributed by atoms with E-state index < -0.39 is 0 Å². The zero-order valence-electron chi connectivity index (χ0n) is 12.8. The zero-order chi connectivity index (χ0) is 15.9. The van der Waals surface area contributed by atoms with Crippen molar-refractivity contribution in [2.24, 2.45) is 18.1 Å². The summed E-state index contributed by atoms with van der Waals surface area (Å²) in [6.07, 6.45) is 1.48. The van der Waals surface area contributed by atoms with Crippen LogP contribution in [0.3, 0.4) is 0 Å². The van der Waals surface area contributed by atoms with Gasteiger partial charge in [-0.2, -0.15) is 5.10 Å². The molecule has 8 nitrogen and oxygen atoms in total. The number of hydrogen-bond acceptors (Lipinski definition) is 5. The molecule has 0 aromatic carbocycles. The van der Waals surface area contributed by atoms with E-state index in [0.29, 0.717) is 24.5 Å². The molecule has 0 bridgehead atoms. The molecule has 8 heteroatoms. The standard InChI is InChI=1S/C14H19N5O3/c1-8(2)15-13(20)12-9-6-19(7-11(9)22-17-12)14(21)10-4-5-18(3)16-10/h4-5,8-9,11H,6-7H2,1-3H3,(H,15,20). The van der Waals surface area contributed by atoms with Gasteiger partial charge in [0, 0.05) is 25.8 Å². The normalized spacial score (nSPS) is 23.3. The fourth-order valence-corrected chi connectivity index (χ4v) is 2.74. The van der Waals surface area contributed by atoms with Crippen molar-refractivity contribution >= 4 is 17.5 Å². The number of carbonyl (C=O) groups excluding carboxylic acids is 2. The highest BCUT2D eigenvalue weighted by Crippen LogP contribution is 2.28. The number of aromatic nitrogens is 2. The third-order valence-electron chi connectivity index (χ3n) is 3.78. The summed E-state index contributed by atoms with van der Waals surface area (Å²) in [5, 5.41) is 10.8. The number of oxime groups is 1. The van der Waals surface area contributed by atoms with Gasteiger partial charge in [-0.25, -0.2) is 0 Å². The SMILES string of the molecule is CC(C)NC(=O)C1=NOC2CN(C(=O)c3ccn(C)n3)CC12. The molecule has 2 atom stereocenters. The first-order valence-corrected chi connectivity index (χ1v) is 7.29. The van der Waals surface area contributed by atoms with E-state index in [1.54, 1.807) is 28.9 Å². The van der Waals surface area contributed by atoms with E-state index in [4.69, 9.17) is 4.84 Å². The Morgan fingerprint density at radius 3 is 2.82 bits per heavy atom. The van der Waals surface area contributed by atoms with Crippen LogP contribution in [0, 0.1) is 5.92 Å². The van der Waals surface area contributed by atoms with Crippen LogP contribution in [-0.4, -0.2) is 57.4 Å². The van der Waals surface area contributed by atoms with E-state index in [-0.39, 0.29) is 29.9 Å². The van der Waals surface area contributed by atoms with Crippen molar-refractivity contribution < 1.29 is 14.4 Å². The van der Waals surface area contributed by atoms with Crippen LogP contribution in [0.4, 0.5) is 0 Å². The number of rotatable bonds is 3. The lowest BCUT2D eigenvalue weighted by atomic mass is 10.0. The highest BCUT2D eigenvalue weighted by atomic mass is 16.6. The Bertz CT molecular complexity index is 636. The Balaban J connectivity index is 1.68. The molecule has 1 N–H and O–H groups in total. The zero-order valence-corrected chi connectivity index (χ0v) is 12.8. The lowest BCUT2D eigenvalue weighted by Crippen LogP contribution is -2.40. The molecule has 0 aliphatic carbocycles. The van der Waals surface area contributed by atoms with Crippen LogP contribution in [0.5, 0.6) is 0 Å². The number of nitrogens with one attached hydrogen (secondary N) is 1. The Morgan fingerprint density at radius 1 is 1.41 bits per heavy atom. The van der Waals surface area contributed by atoms with Gasteiger partial charge in [-0.1, -0.05) is 5.16 Å². The van der Waals surface area contributed by atoms with E-state index in [0.717, 1.165) is 0 Å². The molecular formula is C14H19N5O3.